The lowest BCUT2D eigenvalue weighted by atomic mass is 9.96. The summed E-state index contributed by atoms with van der Waals surface area (Å²) in [5, 5.41) is 4.05. The largest absolute Gasteiger partial charge is 0.385 e. The van der Waals surface area contributed by atoms with E-state index in [0.717, 1.165) is 12.8 Å². The molecule has 0 aliphatic rings. The van der Waals surface area contributed by atoms with Crippen LogP contribution in [0.1, 0.15) is 57.8 Å². The highest BCUT2D eigenvalue weighted by Crippen LogP contribution is 2.31. The van der Waals surface area contributed by atoms with Gasteiger partial charge in [-0.25, -0.2) is 0 Å². The number of methoxy groups -OCH3 is 1. The minimum atomic E-state index is -0.475. The molecule has 0 saturated heterocycles. The summed E-state index contributed by atoms with van der Waals surface area (Å²) < 4.78 is 16.1. The Balaban J connectivity index is 2.86. The number of rotatable bonds is 9. The van der Waals surface area contributed by atoms with Crippen LogP contribution in [0.4, 0.5) is 0 Å². The van der Waals surface area contributed by atoms with Crippen LogP contribution in [0.2, 0.25) is 0 Å². The first-order valence-electron chi connectivity index (χ1n) is 6.86. The first-order valence-corrected chi connectivity index (χ1v) is 6.86. The number of hydrogen-bond donors (Lipinski definition) is 1. The molecule has 0 aliphatic carbocycles. The van der Waals surface area contributed by atoms with Gasteiger partial charge in [0, 0.05) is 20.3 Å². The van der Waals surface area contributed by atoms with E-state index in [4.69, 9.17) is 19.7 Å². The van der Waals surface area contributed by atoms with Gasteiger partial charge in [0.2, 0.25) is 11.7 Å². The van der Waals surface area contributed by atoms with Gasteiger partial charge in [0.15, 0.2) is 0 Å². The second kappa shape index (κ2) is 7.57. The van der Waals surface area contributed by atoms with Crippen molar-refractivity contribution in [2.24, 2.45) is 5.73 Å². The van der Waals surface area contributed by atoms with Crippen molar-refractivity contribution in [1.29, 1.82) is 0 Å². The molecule has 1 heterocycles. The van der Waals surface area contributed by atoms with Gasteiger partial charge in [0.1, 0.15) is 5.60 Å². The Morgan fingerprint density at radius 2 is 2.00 bits per heavy atom. The molecule has 2 N–H and O–H groups in total. The maximum absolute atomic E-state index is 5.98. The second-order valence-electron chi connectivity index (χ2n) is 4.48. The van der Waals surface area contributed by atoms with Crippen LogP contribution in [0.15, 0.2) is 4.52 Å². The molecule has 0 aromatic carbocycles. The fraction of sp³-hybridized carbons (Fsp3) is 0.846. The van der Waals surface area contributed by atoms with Crippen LogP contribution in [0.5, 0.6) is 0 Å². The summed E-state index contributed by atoms with van der Waals surface area (Å²) in [5.74, 6) is 1.03. The maximum Gasteiger partial charge on any atom is 0.243 e. The van der Waals surface area contributed by atoms with Gasteiger partial charge in [-0.05, 0) is 26.2 Å². The van der Waals surface area contributed by atoms with E-state index < -0.39 is 5.60 Å². The van der Waals surface area contributed by atoms with Crippen LogP contribution in [0.25, 0.3) is 0 Å². The van der Waals surface area contributed by atoms with Gasteiger partial charge >= 0.3 is 0 Å². The molecular weight excluding hydrogens is 246 g/mol. The molecule has 6 heteroatoms. The predicted octanol–water partition coefficient (Wildman–Crippen LogP) is 2.16. The van der Waals surface area contributed by atoms with Crippen molar-refractivity contribution >= 4 is 0 Å². The third-order valence-corrected chi connectivity index (χ3v) is 3.36. The van der Waals surface area contributed by atoms with Gasteiger partial charge in [0.25, 0.3) is 0 Å². The number of ether oxygens (including phenoxy) is 2. The molecule has 0 amide bonds. The molecule has 0 fully saturated rings. The first-order chi connectivity index (χ1) is 9.13. The molecule has 1 unspecified atom stereocenters. The van der Waals surface area contributed by atoms with E-state index in [2.05, 4.69) is 24.0 Å². The van der Waals surface area contributed by atoms with Crippen LogP contribution in [0.3, 0.4) is 0 Å². The van der Waals surface area contributed by atoms with Gasteiger partial charge in [-0.3, -0.25) is 0 Å². The van der Waals surface area contributed by atoms with Crippen LogP contribution in [-0.2, 0) is 15.1 Å². The van der Waals surface area contributed by atoms with Crippen LogP contribution in [-0.4, -0.2) is 30.5 Å². The summed E-state index contributed by atoms with van der Waals surface area (Å²) in [4.78, 5) is 4.41. The van der Waals surface area contributed by atoms with Crippen molar-refractivity contribution in [3.05, 3.63) is 11.7 Å². The summed E-state index contributed by atoms with van der Waals surface area (Å²) in [5.41, 5.74) is 5.50. The zero-order chi connectivity index (χ0) is 14.3. The molecule has 0 aliphatic heterocycles. The Kier molecular flexibility index (Phi) is 6.41. The van der Waals surface area contributed by atoms with E-state index >= 15 is 0 Å². The van der Waals surface area contributed by atoms with E-state index in [1.54, 1.807) is 7.11 Å². The highest BCUT2D eigenvalue weighted by atomic mass is 16.5. The molecule has 19 heavy (non-hydrogen) atoms. The molecule has 0 saturated carbocycles. The molecular formula is C13H25N3O3. The van der Waals surface area contributed by atoms with E-state index in [1.165, 1.54) is 0 Å². The van der Waals surface area contributed by atoms with Gasteiger partial charge < -0.3 is 19.7 Å². The van der Waals surface area contributed by atoms with Crippen molar-refractivity contribution in [2.45, 2.75) is 51.7 Å². The molecule has 0 bridgehead atoms. The zero-order valence-corrected chi connectivity index (χ0v) is 12.3. The second-order valence-corrected chi connectivity index (χ2v) is 4.48. The van der Waals surface area contributed by atoms with Gasteiger partial charge in [0.05, 0.1) is 6.04 Å². The average Bonchev–Trinajstić information content (AvgIpc) is 2.92. The first kappa shape index (κ1) is 16.1. The summed E-state index contributed by atoms with van der Waals surface area (Å²) >= 11 is 0. The van der Waals surface area contributed by atoms with Crippen molar-refractivity contribution in [2.75, 3.05) is 20.3 Å². The fourth-order valence-electron chi connectivity index (χ4n) is 2.05. The van der Waals surface area contributed by atoms with Crippen molar-refractivity contribution < 1.29 is 14.0 Å². The topological polar surface area (TPSA) is 83.4 Å². The standard InChI is InChI=1S/C13H25N3O3/c1-5-13(6-2,18-7-3)12-15-11(19-16-12)10(14)8-9-17-4/h10H,5-9,14H2,1-4H3. The zero-order valence-electron chi connectivity index (χ0n) is 12.3. The lowest BCUT2D eigenvalue weighted by Gasteiger charge is -2.27. The smallest absolute Gasteiger partial charge is 0.243 e. The molecule has 110 valence electrons. The van der Waals surface area contributed by atoms with E-state index in [9.17, 15) is 0 Å². The Hall–Kier alpha value is -0.980. The lowest BCUT2D eigenvalue weighted by Crippen LogP contribution is -2.30. The number of hydrogen-bond acceptors (Lipinski definition) is 6. The van der Waals surface area contributed by atoms with Gasteiger partial charge in [-0.2, -0.15) is 4.98 Å². The van der Waals surface area contributed by atoms with Gasteiger partial charge in [-0.1, -0.05) is 19.0 Å². The van der Waals surface area contributed by atoms with Crippen molar-refractivity contribution in [3.8, 4) is 0 Å². The molecule has 1 aromatic rings. The number of nitrogens with zero attached hydrogens (tertiary/aromatic N) is 2. The normalized spacial score (nSPS) is 13.7. The molecule has 1 aromatic heterocycles. The highest BCUT2D eigenvalue weighted by Gasteiger charge is 2.35. The third kappa shape index (κ3) is 3.75. The molecule has 1 rings (SSSR count). The summed E-state index contributed by atoms with van der Waals surface area (Å²) in [6, 6.07) is -0.297. The Morgan fingerprint density at radius 3 is 2.53 bits per heavy atom. The minimum absolute atomic E-state index is 0.297. The summed E-state index contributed by atoms with van der Waals surface area (Å²) in [7, 11) is 1.64. The van der Waals surface area contributed by atoms with Crippen LogP contribution in [0, 0.1) is 0 Å². The molecule has 0 radical (unpaired) electrons. The Morgan fingerprint density at radius 1 is 1.32 bits per heavy atom. The van der Waals surface area contributed by atoms with E-state index in [1.807, 2.05) is 6.92 Å². The monoisotopic (exact) mass is 271 g/mol. The van der Waals surface area contributed by atoms with Gasteiger partial charge in [-0.15, -0.1) is 0 Å². The van der Waals surface area contributed by atoms with Crippen molar-refractivity contribution in [3.63, 3.8) is 0 Å². The van der Waals surface area contributed by atoms with E-state index in [0.29, 0.717) is 31.3 Å². The predicted molar refractivity (Wildman–Crippen MR) is 71.6 cm³/mol. The Labute approximate surface area is 114 Å². The van der Waals surface area contributed by atoms with Crippen molar-refractivity contribution in [1.82, 2.24) is 10.1 Å². The highest BCUT2D eigenvalue weighted by molar-refractivity contribution is 5.02. The maximum atomic E-state index is 5.98. The lowest BCUT2D eigenvalue weighted by molar-refractivity contribution is -0.0583. The Bertz CT molecular complexity index is 364. The average molecular weight is 271 g/mol. The molecule has 1 atom stereocenters. The van der Waals surface area contributed by atoms with Crippen LogP contribution < -0.4 is 5.73 Å². The molecule has 6 nitrogen and oxygen atoms in total. The fourth-order valence-corrected chi connectivity index (χ4v) is 2.05. The molecule has 0 spiro atoms. The quantitative estimate of drug-likeness (QED) is 0.741. The number of nitrogens with two attached hydrogens (primary N) is 1. The number of aromatic nitrogens is 2. The minimum Gasteiger partial charge on any atom is -0.385 e. The third-order valence-electron chi connectivity index (χ3n) is 3.36. The SMILES string of the molecule is CCOC(CC)(CC)c1noc(C(N)CCOC)n1. The van der Waals surface area contributed by atoms with Crippen LogP contribution >= 0.6 is 0 Å². The summed E-state index contributed by atoms with van der Waals surface area (Å²) in [6.07, 6.45) is 2.24. The summed E-state index contributed by atoms with van der Waals surface area (Å²) in [6.45, 7) is 7.25. The van der Waals surface area contributed by atoms with E-state index in [-0.39, 0.29) is 6.04 Å².